The molecule has 0 bridgehead atoms. The maximum absolute atomic E-state index is 14.7. The summed E-state index contributed by atoms with van der Waals surface area (Å²) in [5, 5.41) is 3.02. The van der Waals surface area contributed by atoms with Crippen molar-refractivity contribution < 1.29 is 27.1 Å². The second-order valence-electron chi connectivity index (χ2n) is 10.1. The van der Waals surface area contributed by atoms with Crippen LogP contribution >= 0.6 is 11.6 Å². The lowest BCUT2D eigenvalue weighted by molar-refractivity contribution is -0.139. The van der Waals surface area contributed by atoms with E-state index in [-0.39, 0.29) is 39.4 Å². The lowest BCUT2D eigenvalue weighted by Crippen LogP contribution is -2.51. The number of hydrogen-bond donors (Lipinski definition) is 1. The number of aryl methyl sites for hydroxylation is 1. The minimum absolute atomic E-state index is 0.0386. The maximum atomic E-state index is 14.7. The number of anilines is 1. The van der Waals surface area contributed by atoms with Crippen LogP contribution in [-0.4, -0.2) is 51.4 Å². The summed E-state index contributed by atoms with van der Waals surface area (Å²) in [4.78, 5) is 28.2. The van der Waals surface area contributed by atoms with Crippen molar-refractivity contribution >= 4 is 39.1 Å². The minimum Gasteiger partial charge on any atom is -0.495 e. The number of amides is 2. The molecule has 3 rings (SSSR count). The zero-order chi connectivity index (χ0) is 30.3. The summed E-state index contributed by atoms with van der Waals surface area (Å²) in [6.07, 6.45) is 0. The Morgan fingerprint density at radius 2 is 1.68 bits per heavy atom. The quantitative estimate of drug-likeness (QED) is 0.308. The van der Waals surface area contributed by atoms with Crippen molar-refractivity contribution in [1.82, 2.24) is 10.2 Å². The maximum Gasteiger partial charge on any atom is 0.264 e. The molecule has 8 nitrogen and oxygen atoms in total. The number of halogens is 2. The molecule has 0 spiro atoms. The van der Waals surface area contributed by atoms with Crippen molar-refractivity contribution in [2.75, 3.05) is 24.5 Å². The largest absolute Gasteiger partial charge is 0.495 e. The highest BCUT2D eigenvalue weighted by Crippen LogP contribution is 2.35. The number of sulfonamides is 1. The number of nitrogens with zero attached hydrogens (tertiary/aromatic N) is 2. The molecule has 1 N–H and O–H groups in total. The summed E-state index contributed by atoms with van der Waals surface area (Å²) in [6.45, 7) is 6.62. The third kappa shape index (κ3) is 7.98. The number of methoxy groups -OCH3 is 1. The molecule has 1 atom stereocenters. The van der Waals surface area contributed by atoms with Gasteiger partial charge in [0.2, 0.25) is 11.8 Å². The SMILES string of the molecule is COc1ccc(Cl)cc1N(CC(=O)N(Cc1ccccc1F)[C@@H](C)C(=O)NCC(C)C)S(=O)(=O)c1ccc(C)cc1. The van der Waals surface area contributed by atoms with E-state index < -0.39 is 40.2 Å². The van der Waals surface area contributed by atoms with Crippen molar-refractivity contribution in [3.05, 3.63) is 88.7 Å². The summed E-state index contributed by atoms with van der Waals surface area (Å²) < 4.78 is 49.0. The Hall–Kier alpha value is -3.63. The molecule has 3 aromatic rings. The van der Waals surface area contributed by atoms with Crippen molar-refractivity contribution in [1.29, 1.82) is 0 Å². The number of hydrogen-bond acceptors (Lipinski definition) is 5. The number of carbonyl (C=O) groups excluding carboxylic acids is 2. The normalized spacial score (nSPS) is 12.1. The average molecular weight is 604 g/mol. The van der Waals surface area contributed by atoms with Gasteiger partial charge in [0.25, 0.3) is 10.0 Å². The van der Waals surface area contributed by atoms with Gasteiger partial charge in [-0.2, -0.15) is 0 Å². The molecule has 0 aliphatic heterocycles. The van der Waals surface area contributed by atoms with Crippen molar-refractivity contribution in [3.63, 3.8) is 0 Å². The number of ether oxygens (including phenoxy) is 1. The van der Waals surface area contributed by atoms with Gasteiger partial charge in [-0.05, 0) is 56.2 Å². The van der Waals surface area contributed by atoms with Crippen molar-refractivity contribution in [3.8, 4) is 5.75 Å². The van der Waals surface area contributed by atoms with Gasteiger partial charge >= 0.3 is 0 Å². The molecule has 0 saturated heterocycles. The van der Waals surface area contributed by atoms with Crippen LogP contribution in [0.3, 0.4) is 0 Å². The van der Waals surface area contributed by atoms with E-state index in [1.165, 1.54) is 67.5 Å². The summed E-state index contributed by atoms with van der Waals surface area (Å²) in [5.74, 6) is -1.40. The number of nitrogens with one attached hydrogen (secondary N) is 1. The predicted octanol–water partition coefficient (Wildman–Crippen LogP) is 5.18. The topological polar surface area (TPSA) is 96.0 Å². The van der Waals surface area contributed by atoms with Gasteiger partial charge in [-0.1, -0.05) is 61.3 Å². The van der Waals surface area contributed by atoms with Gasteiger partial charge in [0.05, 0.1) is 17.7 Å². The fraction of sp³-hybridized carbons (Fsp3) is 0.333. The molecule has 0 fully saturated rings. The second kappa shape index (κ2) is 13.8. The third-order valence-electron chi connectivity index (χ3n) is 6.45. The Bertz CT molecular complexity index is 1480. The Kier molecular flexibility index (Phi) is 10.8. The van der Waals surface area contributed by atoms with Gasteiger partial charge in [0.1, 0.15) is 24.2 Å². The van der Waals surface area contributed by atoms with Gasteiger partial charge in [0, 0.05) is 23.7 Å². The molecule has 41 heavy (non-hydrogen) atoms. The van der Waals surface area contributed by atoms with E-state index in [4.69, 9.17) is 16.3 Å². The first-order chi connectivity index (χ1) is 19.3. The van der Waals surface area contributed by atoms with E-state index in [0.717, 1.165) is 9.87 Å². The Morgan fingerprint density at radius 1 is 1.02 bits per heavy atom. The smallest absolute Gasteiger partial charge is 0.264 e. The van der Waals surface area contributed by atoms with Gasteiger partial charge in [0.15, 0.2) is 0 Å². The molecule has 0 aliphatic carbocycles. The van der Waals surface area contributed by atoms with Gasteiger partial charge < -0.3 is 15.0 Å². The van der Waals surface area contributed by atoms with Gasteiger partial charge in [-0.25, -0.2) is 12.8 Å². The summed E-state index contributed by atoms with van der Waals surface area (Å²) in [5.41, 5.74) is 1.07. The summed E-state index contributed by atoms with van der Waals surface area (Å²) in [6, 6.07) is 15.5. The van der Waals surface area contributed by atoms with Crippen LogP contribution in [0.4, 0.5) is 10.1 Å². The van der Waals surface area contributed by atoms with Crippen LogP contribution in [0.15, 0.2) is 71.6 Å². The van der Waals surface area contributed by atoms with Crippen LogP contribution in [0.1, 0.15) is 31.9 Å². The monoisotopic (exact) mass is 603 g/mol. The second-order valence-corrected chi connectivity index (χ2v) is 12.4. The molecule has 0 saturated carbocycles. The van der Waals surface area contributed by atoms with Crippen LogP contribution < -0.4 is 14.4 Å². The Morgan fingerprint density at radius 3 is 2.29 bits per heavy atom. The van der Waals surface area contributed by atoms with Crippen LogP contribution in [0.25, 0.3) is 0 Å². The van der Waals surface area contributed by atoms with Crippen molar-refractivity contribution in [2.45, 2.75) is 45.2 Å². The molecule has 0 radical (unpaired) electrons. The molecule has 3 aromatic carbocycles. The van der Waals surface area contributed by atoms with E-state index in [2.05, 4.69) is 5.32 Å². The first-order valence-corrected chi connectivity index (χ1v) is 14.9. The fourth-order valence-electron chi connectivity index (χ4n) is 4.05. The van der Waals surface area contributed by atoms with Gasteiger partial charge in [-0.15, -0.1) is 0 Å². The minimum atomic E-state index is -4.32. The Labute approximate surface area is 246 Å². The lowest BCUT2D eigenvalue weighted by Gasteiger charge is -2.32. The first-order valence-electron chi connectivity index (χ1n) is 13.1. The standard InChI is InChI=1S/C30H35ClFN3O5S/c1-20(2)17-33-30(37)22(4)34(18-23-8-6-7-9-26(23)32)29(36)19-35(27-16-24(31)12-15-28(27)40-5)41(38,39)25-13-10-21(3)11-14-25/h6-16,20,22H,17-19H2,1-5H3,(H,33,37)/t22-/m0/s1. The molecule has 0 aliphatic rings. The zero-order valence-corrected chi connectivity index (χ0v) is 25.3. The molecule has 0 aromatic heterocycles. The number of benzene rings is 3. The first kappa shape index (κ1) is 31.9. The van der Waals surface area contributed by atoms with E-state index in [9.17, 15) is 22.4 Å². The molecule has 0 heterocycles. The third-order valence-corrected chi connectivity index (χ3v) is 8.46. The molecular formula is C30H35ClFN3O5S. The predicted molar refractivity (Wildman–Crippen MR) is 158 cm³/mol. The van der Waals surface area contributed by atoms with Crippen LogP contribution in [0.2, 0.25) is 5.02 Å². The van der Waals surface area contributed by atoms with Crippen LogP contribution in [0.5, 0.6) is 5.75 Å². The molecule has 11 heteroatoms. The highest BCUT2D eigenvalue weighted by molar-refractivity contribution is 7.92. The van der Waals surface area contributed by atoms with E-state index in [1.807, 2.05) is 20.8 Å². The molecule has 0 unspecified atom stereocenters. The van der Waals surface area contributed by atoms with Gasteiger partial charge in [-0.3, -0.25) is 13.9 Å². The highest BCUT2D eigenvalue weighted by Gasteiger charge is 2.34. The lowest BCUT2D eigenvalue weighted by atomic mass is 10.1. The fourth-order valence-corrected chi connectivity index (χ4v) is 5.64. The van der Waals surface area contributed by atoms with E-state index in [0.29, 0.717) is 6.54 Å². The summed E-state index contributed by atoms with van der Waals surface area (Å²) in [7, 11) is -2.95. The molecule has 2 amide bonds. The van der Waals surface area contributed by atoms with Crippen LogP contribution in [-0.2, 0) is 26.2 Å². The number of carbonyl (C=O) groups is 2. The Balaban J connectivity index is 2.09. The van der Waals surface area contributed by atoms with Crippen LogP contribution in [0, 0.1) is 18.7 Å². The van der Waals surface area contributed by atoms with Crippen molar-refractivity contribution in [2.24, 2.45) is 5.92 Å². The molecular weight excluding hydrogens is 569 g/mol. The van der Waals surface area contributed by atoms with E-state index >= 15 is 0 Å². The zero-order valence-electron chi connectivity index (χ0n) is 23.7. The van der Waals surface area contributed by atoms with E-state index in [1.54, 1.807) is 18.2 Å². The highest BCUT2D eigenvalue weighted by atomic mass is 35.5. The average Bonchev–Trinajstić information content (AvgIpc) is 2.93. The number of rotatable bonds is 12. The summed E-state index contributed by atoms with van der Waals surface area (Å²) >= 11 is 6.24. The molecule has 220 valence electrons.